The molecule has 3 rings (SSSR count). The van der Waals surface area contributed by atoms with E-state index in [9.17, 15) is 5.11 Å². The minimum absolute atomic E-state index is 0.262. The maximum absolute atomic E-state index is 9.31. The smallest absolute Gasteiger partial charge is 0.224 e. The first-order valence-corrected chi connectivity index (χ1v) is 8.19. The Morgan fingerprint density at radius 1 is 1.08 bits per heavy atom. The van der Waals surface area contributed by atoms with Crippen LogP contribution in [0.5, 0.6) is 11.5 Å². The molecular formula is C19H21N5O2. The molecule has 2 aromatic carbocycles. The van der Waals surface area contributed by atoms with E-state index < -0.39 is 0 Å². The number of anilines is 4. The van der Waals surface area contributed by atoms with Gasteiger partial charge in [-0.1, -0.05) is 12.1 Å². The lowest BCUT2D eigenvalue weighted by Crippen LogP contribution is -2.10. The Morgan fingerprint density at radius 3 is 2.50 bits per heavy atom. The molecule has 0 unspecified atom stereocenters. The molecule has 0 aliphatic rings. The van der Waals surface area contributed by atoms with Crippen LogP contribution in [0.4, 0.5) is 23.1 Å². The van der Waals surface area contributed by atoms with E-state index in [1.165, 1.54) is 0 Å². The summed E-state index contributed by atoms with van der Waals surface area (Å²) in [5.74, 6) is 2.08. The number of phenolic OH excluding ortho intramolecular Hbond substituents is 1. The fourth-order valence-corrected chi connectivity index (χ4v) is 2.37. The standard InChI is InChI=1S/C19H21N5O2/c1-26-16-8-4-14(5-9-16)23-18-17(20)12-22-19(24-18)21-11-10-13-2-6-15(25)7-3-13/h2-9,12,25H,10-11,20H2,1H3,(H2,21,22,23,24). The predicted octanol–water partition coefficient (Wildman–Crippen LogP) is 3.17. The molecule has 134 valence electrons. The maximum atomic E-state index is 9.31. The summed E-state index contributed by atoms with van der Waals surface area (Å²) >= 11 is 0. The molecule has 5 N–H and O–H groups in total. The van der Waals surface area contributed by atoms with E-state index in [1.807, 2.05) is 36.4 Å². The van der Waals surface area contributed by atoms with Crippen molar-refractivity contribution in [3.63, 3.8) is 0 Å². The summed E-state index contributed by atoms with van der Waals surface area (Å²) in [6.45, 7) is 0.663. The largest absolute Gasteiger partial charge is 0.508 e. The molecule has 1 heterocycles. The molecule has 0 saturated carbocycles. The molecule has 26 heavy (non-hydrogen) atoms. The third-order valence-corrected chi connectivity index (χ3v) is 3.80. The molecule has 0 fully saturated rings. The molecule has 7 heteroatoms. The van der Waals surface area contributed by atoms with Gasteiger partial charge in [-0.25, -0.2) is 4.98 Å². The second-order valence-electron chi connectivity index (χ2n) is 5.69. The summed E-state index contributed by atoms with van der Waals surface area (Å²) in [6, 6.07) is 14.6. The normalized spacial score (nSPS) is 10.3. The first-order chi connectivity index (χ1) is 12.6. The third kappa shape index (κ3) is 4.54. The number of methoxy groups -OCH3 is 1. The van der Waals surface area contributed by atoms with Crippen molar-refractivity contribution in [3.8, 4) is 11.5 Å². The number of aromatic hydroxyl groups is 1. The van der Waals surface area contributed by atoms with Crippen LogP contribution in [-0.2, 0) is 6.42 Å². The minimum Gasteiger partial charge on any atom is -0.508 e. The molecule has 0 atom stereocenters. The number of ether oxygens (including phenoxy) is 1. The van der Waals surface area contributed by atoms with Crippen LogP contribution >= 0.6 is 0 Å². The lowest BCUT2D eigenvalue weighted by Gasteiger charge is -2.11. The molecular weight excluding hydrogens is 330 g/mol. The van der Waals surface area contributed by atoms with E-state index in [4.69, 9.17) is 10.5 Å². The molecule has 0 aliphatic carbocycles. The van der Waals surface area contributed by atoms with Gasteiger partial charge in [0.25, 0.3) is 0 Å². The van der Waals surface area contributed by atoms with Crippen molar-refractivity contribution in [3.05, 3.63) is 60.3 Å². The topological polar surface area (TPSA) is 105 Å². The van der Waals surface area contributed by atoms with Gasteiger partial charge < -0.3 is 26.2 Å². The summed E-state index contributed by atoms with van der Waals surface area (Å²) < 4.78 is 5.15. The molecule has 0 saturated heterocycles. The number of phenols is 1. The van der Waals surface area contributed by atoms with E-state index in [0.29, 0.717) is 24.0 Å². The molecule has 0 aliphatic heterocycles. The highest BCUT2D eigenvalue weighted by Gasteiger charge is 2.05. The van der Waals surface area contributed by atoms with Gasteiger partial charge in [0, 0.05) is 12.2 Å². The van der Waals surface area contributed by atoms with Crippen LogP contribution in [0.15, 0.2) is 54.7 Å². The number of nitrogens with two attached hydrogens (primary N) is 1. The van der Waals surface area contributed by atoms with Gasteiger partial charge in [0.05, 0.1) is 19.0 Å². The van der Waals surface area contributed by atoms with Gasteiger partial charge in [-0.2, -0.15) is 4.98 Å². The summed E-state index contributed by atoms with van der Waals surface area (Å²) in [6.07, 6.45) is 2.36. The molecule has 0 radical (unpaired) electrons. The maximum Gasteiger partial charge on any atom is 0.224 e. The zero-order valence-electron chi connectivity index (χ0n) is 14.4. The van der Waals surface area contributed by atoms with Crippen molar-refractivity contribution in [1.82, 2.24) is 9.97 Å². The number of nitrogen functional groups attached to an aromatic ring is 1. The summed E-state index contributed by atoms with van der Waals surface area (Å²) in [4.78, 5) is 8.63. The highest BCUT2D eigenvalue weighted by atomic mass is 16.5. The first kappa shape index (κ1) is 17.3. The van der Waals surface area contributed by atoms with Crippen LogP contribution in [0.25, 0.3) is 0 Å². The van der Waals surface area contributed by atoms with Crippen molar-refractivity contribution >= 4 is 23.1 Å². The second-order valence-corrected chi connectivity index (χ2v) is 5.69. The van der Waals surface area contributed by atoms with E-state index in [2.05, 4.69) is 20.6 Å². The molecule has 0 spiro atoms. The van der Waals surface area contributed by atoms with Crippen molar-refractivity contribution in [2.45, 2.75) is 6.42 Å². The molecule has 7 nitrogen and oxygen atoms in total. The van der Waals surface area contributed by atoms with Gasteiger partial charge in [0.2, 0.25) is 5.95 Å². The summed E-state index contributed by atoms with van der Waals surface area (Å²) in [5.41, 5.74) is 8.39. The van der Waals surface area contributed by atoms with Crippen LogP contribution in [0.2, 0.25) is 0 Å². The second kappa shape index (κ2) is 8.06. The lowest BCUT2D eigenvalue weighted by atomic mass is 10.1. The average Bonchev–Trinajstić information content (AvgIpc) is 2.66. The fraction of sp³-hybridized carbons (Fsp3) is 0.158. The Kier molecular flexibility index (Phi) is 5.38. The highest BCUT2D eigenvalue weighted by molar-refractivity contribution is 5.69. The van der Waals surface area contributed by atoms with Gasteiger partial charge in [-0.3, -0.25) is 0 Å². The zero-order chi connectivity index (χ0) is 18.4. The minimum atomic E-state index is 0.262. The van der Waals surface area contributed by atoms with Crippen LogP contribution in [0.1, 0.15) is 5.56 Å². The predicted molar refractivity (Wildman–Crippen MR) is 103 cm³/mol. The summed E-state index contributed by atoms with van der Waals surface area (Å²) in [5, 5.41) is 15.7. The highest BCUT2D eigenvalue weighted by Crippen LogP contribution is 2.23. The molecule has 0 amide bonds. The van der Waals surface area contributed by atoms with Crippen LogP contribution in [0.3, 0.4) is 0 Å². The Hall–Kier alpha value is -3.48. The Morgan fingerprint density at radius 2 is 1.81 bits per heavy atom. The van der Waals surface area contributed by atoms with Gasteiger partial charge in [0.1, 0.15) is 11.5 Å². The number of nitrogens with zero attached hydrogens (tertiary/aromatic N) is 2. The van der Waals surface area contributed by atoms with Gasteiger partial charge >= 0.3 is 0 Å². The number of rotatable bonds is 7. The fourth-order valence-electron chi connectivity index (χ4n) is 2.37. The molecule has 1 aromatic heterocycles. The number of hydrogen-bond donors (Lipinski definition) is 4. The number of nitrogens with one attached hydrogen (secondary N) is 2. The van der Waals surface area contributed by atoms with Crippen LogP contribution in [0, 0.1) is 0 Å². The monoisotopic (exact) mass is 351 g/mol. The quantitative estimate of drug-likeness (QED) is 0.518. The zero-order valence-corrected chi connectivity index (χ0v) is 14.4. The van der Waals surface area contributed by atoms with E-state index >= 15 is 0 Å². The number of hydrogen-bond acceptors (Lipinski definition) is 7. The Bertz CT molecular complexity index is 851. The van der Waals surface area contributed by atoms with Crippen molar-refractivity contribution in [2.24, 2.45) is 0 Å². The van der Waals surface area contributed by atoms with Gasteiger partial charge in [-0.05, 0) is 48.4 Å². The first-order valence-electron chi connectivity index (χ1n) is 8.19. The van der Waals surface area contributed by atoms with Crippen LogP contribution in [-0.4, -0.2) is 28.7 Å². The van der Waals surface area contributed by atoms with Crippen LogP contribution < -0.4 is 21.1 Å². The van der Waals surface area contributed by atoms with Crippen molar-refractivity contribution in [1.29, 1.82) is 0 Å². The summed E-state index contributed by atoms with van der Waals surface area (Å²) in [7, 11) is 1.63. The lowest BCUT2D eigenvalue weighted by molar-refractivity contribution is 0.415. The van der Waals surface area contributed by atoms with Gasteiger partial charge in [0.15, 0.2) is 5.82 Å². The average molecular weight is 351 g/mol. The Balaban J connectivity index is 1.62. The molecule has 0 bridgehead atoms. The van der Waals surface area contributed by atoms with E-state index in [0.717, 1.165) is 23.4 Å². The van der Waals surface area contributed by atoms with E-state index in [-0.39, 0.29) is 5.75 Å². The van der Waals surface area contributed by atoms with Gasteiger partial charge in [-0.15, -0.1) is 0 Å². The SMILES string of the molecule is COc1ccc(Nc2nc(NCCc3ccc(O)cc3)ncc2N)cc1. The third-order valence-electron chi connectivity index (χ3n) is 3.80. The van der Waals surface area contributed by atoms with Crippen molar-refractivity contribution < 1.29 is 9.84 Å². The number of aromatic nitrogens is 2. The number of benzene rings is 2. The van der Waals surface area contributed by atoms with Crippen molar-refractivity contribution in [2.75, 3.05) is 30.0 Å². The Labute approximate surface area is 151 Å². The van der Waals surface area contributed by atoms with E-state index in [1.54, 1.807) is 25.4 Å². The molecule has 3 aromatic rings.